The quantitative estimate of drug-likeness (QED) is 0.115. The van der Waals surface area contributed by atoms with Crippen LogP contribution in [0.1, 0.15) is 53.7 Å². The lowest BCUT2D eigenvalue weighted by Gasteiger charge is -2.17. The van der Waals surface area contributed by atoms with Crippen LogP contribution < -0.4 is 22.0 Å². The van der Waals surface area contributed by atoms with Crippen LogP contribution in [0.2, 0.25) is 10.0 Å². The minimum atomic E-state index is -0.473. The van der Waals surface area contributed by atoms with E-state index < -0.39 is 11.4 Å². The molecule has 2 atom stereocenters. The average Bonchev–Trinajstić information content (AvgIpc) is 4.07. The Hall–Kier alpha value is -4.74. The van der Waals surface area contributed by atoms with Gasteiger partial charge in [-0.25, -0.2) is 9.59 Å². The summed E-state index contributed by atoms with van der Waals surface area (Å²) in [4.78, 5) is 36.0. The molecule has 0 radical (unpaired) electrons. The van der Waals surface area contributed by atoms with Crippen molar-refractivity contribution >= 4 is 56.6 Å². The first-order valence-corrected chi connectivity index (χ1v) is 17.9. The zero-order valence-electron chi connectivity index (χ0n) is 27.9. The maximum absolute atomic E-state index is 13.8. The molecular formula is C39H36Cl2N6O4. The number of hydrogen-bond donors (Lipinski definition) is 3. The fourth-order valence-corrected chi connectivity index (χ4v) is 7.49. The molecule has 0 aliphatic heterocycles. The van der Waals surface area contributed by atoms with Gasteiger partial charge in [0, 0.05) is 31.0 Å². The van der Waals surface area contributed by atoms with E-state index in [4.69, 9.17) is 27.9 Å². The molecule has 2 unspecified atom stereocenters. The van der Waals surface area contributed by atoms with Crippen molar-refractivity contribution in [2.24, 2.45) is 0 Å². The van der Waals surface area contributed by atoms with E-state index in [0.717, 1.165) is 46.7 Å². The van der Waals surface area contributed by atoms with E-state index in [1.165, 1.54) is 10.1 Å². The lowest BCUT2D eigenvalue weighted by atomic mass is 10.0. The molecule has 0 spiro atoms. The maximum atomic E-state index is 13.8. The van der Waals surface area contributed by atoms with Gasteiger partial charge in [-0.1, -0.05) is 53.5 Å². The first-order chi connectivity index (χ1) is 24.9. The Morgan fingerprint density at radius 2 is 1.31 bits per heavy atom. The molecule has 6 aromatic rings. The van der Waals surface area contributed by atoms with Crippen LogP contribution >= 0.6 is 23.2 Å². The first-order valence-electron chi connectivity index (χ1n) is 17.1. The van der Waals surface area contributed by atoms with Gasteiger partial charge in [-0.05, 0) is 102 Å². The molecule has 0 amide bonds. The fraction of sp³-hybridized carbons (Fsp3) is 0.282. The molecule has 51 heavy (non-hydrogen) atoms. The summed E-state index contributed by atoms with van der Waals surface area (Å²) in [6, 6.07) is 25.4. The van der Waals surface area contributed by atoms with Crippen molar-refractivity contribution in [3.05, 3.63) is 127 Å². The van der Waals surface area contributed by atoms with Gasteiger partial charge < -0.3 is 20.5 Å². The fourth-order valence-electron chi connectivity index (χ4n) is 7.06. The van der Waals surface area contributed by atoms with Crippen molar-refractivity contribution in [3.8, 4) is 11.4 Å². The van der Waals surface area contributed by atoms with Crippen LogP contribution in [0.3, 0.4) is 0 Å². The number of anilines is 2. The van der Waals surface area contributed by atoms with Crippen molar-refractivity contribution in [3.63, 3.8) is 0 Å². The number of benzene rings is 4. The molecule has 260 valence electrons. The van der Waals surface area contributed by atoms with Crippen LogP contribution in [0.4, 0.5) is 11.6 Å². The highest BCUT2D eigenvalue weighted by molar-refractivity contribution is 6.32. The number of fused-ring (bicyclic) bond motifs is 2. The predicted octanol–water partition coefficient (Wildman–Crippen LogP) is 7.00. The van der Waals surface area contributed by atoms with Crippen LogP contribution in [0.5, 0.6) is 0 Å². The largest absolute Gasteiger partial charge is 0.395 e. The van der Waals surface area contributed by atoms with Gasteiger partial charge in [0.15, 0.2) is 0 Å². The molecule has 4 aromatic carbocycles. The number of aliphatic hydroxyl groups is 1. The van der Waals surface area contributed by atoms with Gasteiger partial charge in [0.2, 0.25) is 0 Å². The predicted molar refractivity (Wildman–Crippen MR) is 203 cm³/mol. The molecule has 10 nitrogen and oxygen atoms in total. The SMILES string of the molecule is COCCNc1nc(=O)n(-c2cc(C3CC3c3ccc4c(NCCO)nc(=O)n(-c5ccccc5Cl)c4c3)ccc2Cl)c2cc(C3CC3)ccc12. The summed E-state index contributed by atoms with van der Waals surface area (Å²) in [5.74, 6) is 1.76. The summed E-state index contributed by atoms with van der Waals surface area (Å²) in [7, 11) is 1.64. The molecule has 12 heteroatoms. The normalized spacial score (nSPS) is 16.9. The van der Waals surface area contributed by atoms with Crippen LogP contribution in [0.15, 0.2) is 88.5 Å². The minimum absolute atomic E-state index is 0.100. The number of aromatic nitrogens is 4. The lowest BCUT2D eigenvalue weighted by molar-refractivity contribution is 0.210. The third-order valence-corrected chi connectivity index (χ3v) is 10.5. The van der Waals surface area contributed by atoms with Gasteiger partial charge in [0.05, 0.1) is 45.7 Å². The van der Waals surface area contributed by atoms with Crippen molar-refractivity contribution in [2.75, 3.05) is 44.0 Å². The summed E-state index contributed by atoms with van der Waals surface area (Å²) >= 11 is 13.4. The van der Waals surface area contributed by atoms with Gasteiger partial charge >= 0.3 is 11.4 Å². The average molecular weight is 724 g/mol. The first kappa shape index (κ1) is 33.4. The standard InChI is InChI=1S/C39H36Cl2N6O4/c1-51-17-15-43-37-26-11-8-23(22-6-7-22)18-33(26)47(39(50)45-37)35-20-25(10-13-31(35)41)29-21-28(29)24-9-12-27-34(19-24)46(32-5-3-2-4-30(32)40)38(49)44-36(27)42-14-16-48/h2-5,8-13,18-20,22,28-29,48H,6-7,14-17,21H2,1H3,(H,42,44,49)(H,43,45,50). The smallest absolute Gasteiger partial charge is 0.354 e. The summed E-state index contributed by atoms with van der Waals surface area (Å²) in [6.45, 7) is 1.16. The third kappa shape index (κ3) is 6.38. The van der Waals surface area contributed by atoms with Gasteiger partial charge in [-0.15, -0.1) is 0 Å². The molecule has 2 aliphatic carbocycles. The molecule has 2 fully saturated rings. The van der Waals surface area contributed by atoms with Crippen LogP contribution in [-0.2, 0) is 4.74 Å². The Morgan fingerprint density at radius 1 is 0.745 bits per heavy atom. The molecule has 2 saturated carbocycles. The van der Waals surface area contributed by atoms with Crippen LogP contribution in [0, 0.1) is 0 Å². The number of methoxy groups -OCH3 is 1. The van der Waals surface area contributed by atoms with E-state index in [-0.39, 0.29) is 25.0 Å². The number of aliphatic hydroxyl groups excluding tert-OH is 1. The van der Waals surface area contributed by atoms with Crippen molar-refractivity contribution in [1.29, 1.82) is 0 Å². The summed E-state index contributed by atoms with van der Waals surface area (Å²) in [6.07, 6.45) is 3.16. The molecule has 0 saturated heterocycles. The Bertz CT molecular complexity index is 2430. The van der Waals surface area contributed by atoms with Gasteiger partial charge in [-0.3, -0.25) is 9.13 Å². The molecule has 3 N–H and O–H groups in total. The highest BCUT2D eigenvalue weighted by Gasteiger charge is 2.40. The number of halogens is 2. The van der Waals surface area contributed by atoms with E-state index >= 15 is 0 Å². The summed E-state index contributed by atoms with van der Waals surface area (Å²) in [5.41, 5.74) is 5.00. The minimum Gasteiger partial charge on any atom is -0.395 e. The van der Waals surface area contributed by atoms with Crippen molar-refractivity contribution < 1.29 is 9.84 Å². The number of nitrogens with zero attached hydrogens (tertiary/aromatic N) is 4. The highest BCUT2D eigenvalue weighted by atomic mass is 35.5. The van der Waals surface area contributed by atoms with Crippen molar-refractivity contribution in [1.82, 2.24) is 19.1 Å². The topological polar surface area (TPSA) is 123 Å². The number of hydrogen-bond acceptors (Lipinski definition) is 8. The molecule has 2 heterocycles. The Balaban J connectivity index is 1.19. The van der Waals surface area contributed by atoms with Crippen LogP contribution in [0.25, 0.3) is 33.2 Å². The molecular weight excluding hydrogens is 687 g/mol. The number of nitrogens with one attached hydrogen (secondary N) is 2. The third-order valence-electron chi connectivity index (χ3n) is 9.84. The van der Waals surface area contributed by atoms with E-state index in [1.807, 2.05) is 48.5 Å². The monoisotopic (exact) mass is 722 g/mol. The second kappa shape index (κ2) is 13.8. The highest BCUT2D eigenvalue weighted by Crippen LogP contribution is 2.55. The zero-order valence-corrected chi connectivity index (χ0v) is 29.4. The Kier molecular flexibility index (Phi) is 9.02. The Morgan fingerprint density at radius 3 is 1.96 bits per heavy atom. The summed E-state index contributed by atoms with van der Waals surface area (Å²) in [5, 5.41) is 18.3. The Labute approximate surface area is 303 Å². The molecule has 0 bridgehead atoms. The molecule has 2 aromatic heterocycles. The van der Waals surface area contributed by atoms with Gasteiger partial charge in [0.25, 0.3) is 0 Å². The lowest BCUT2D eigenvalue weighted by Crippen LogP contribution is -2.24. The van der Waals surface area contributed by atoms with Crippen molar-refractivity contribution in [2.45, 2.75) is 37.0 Å². The van der Waals surface area contributed by atoms with Gasteiger partial charge in [-0.2, -0.15) is 9.97 Å². The number of para-hydroxylation sites is 1. The number of rotatable bonds is 12. The van der Waals surface area contributed by atoms with E-state index in [9.17, 15) is 14.7 Å². The van der Waals surface area contributed by atoms with E-state index in [0.29, 0.717) is 57.6 Å². The number of ether oxygens (including phenoxy) is 1. The maximum Gasteiger partial charge on any atom is 0.354 e. The zero-order chi connectivity index (χ0) is 35.2. The second-order valence-corrected chi connectivity index (χ2v) is 14.0. The summed E-state index contributed by atoms with van der Waals surface area (Å²) < 4.78 is 8.38. The second-order valence-electron chi connectivity index (χ2n) is 13.2. The van der Waals surface area contributed by atoms with E-state index in [2.05, 4.69) is 38.8 Å². The van der Waals surface area contributed by atoms with Gasteiger partial charge in [0.1, 0.15) is 11.6 Å². The van der Waals surface area contributed by atoms with Crippen LogP contribution in [-0.4, -0.2) is 57.6 Å². The molecule has 2 aliphatic rings. The molecule has 8 rings (SSSR count). The van der Waals surface area contributed by atoms with E-state index in [1.54, 1.807) is 23.8 Å².